The number of rotatable bonds is 4. The number of carbonyl (C=O) groups is 1. The maximum absolute atomic E-state index is 12.3. The average molecular weight is 327 g/mol. The summed E-state index contributed by atoms with van der Waals surface area (Å²) in [5.41, 5.74) is 3.70. The van der Waals surface area contributed by atoms with Crippen molar-refractivity contribution < 1.29 is 9.69 Å². The number of nitrogens with zero attached hydrogens (tertiary/aromatic N) is 1. The van der Waals surface area contributed by atoms with Gasteiger partial charge in [0.2, 0.25) is 5.91 Å². The lowest BCUT2D eigenvalue weighted by Crippen LogP contribution is -3.13. The summed E-state index contributed by atoms with van der Waals surface area (Å²) in [7, 11) is 0. The molecule has 4 heteroatoms. The van der Waals surface area contributed by atoms with Crippen LogP contribution >= 0.6 is 11.3 Å². The fourth-order valence-electron chi connectivity index (χ4n) is 2.95. The molecular formula is C19H23N2OS+. The van der Waals surface area contributed by atoms with E-state index in [1.165, 1.54) is 11.1 Å². The van der Waals surface area contributed by atoms with Gasteiger partial charge in [-0.2, -0.15) is 11.3 Å². The quantitative estimate of drug-likeness (QED) is 0.854. The second-order valence-electron chi connectivity index (χ2n) is 6.13. The van der Waals surface area contributed by atoms with Crippen LogP contribution in [0.4, 0.5) is 0 Å². The number of hydrogen-bond donors (Lipinski definition) is 1. The van der Waals surface area contributed by atoms with Crippen molar-refractivity contribution in [1.29, 1.82) is 0 Å². The first kappa shape index (κ1) is 16.0. The molecule has 1 aliphatic rings. The highest BCUT2D eigenvalue weighted by Crippen LogP contribution is 2.07. The Bertz CT molecular complexity index is 670. The molecule has 0 radical (unpaired) electrons. The van der Waals surface area contributed by atoms with Crippen LogP contribution in [0.3, 0.4) is 0 Å². The Balaban J connectivity index is 1.50. The summed E-state index contributed by atoms with van der Waals surface area (Å²) in [6.07, 6.45) is 3.62. The van der Waals surface area contributed by atoms with Crippen LogP contribution in [0, 0.1) is 6.92 Å². The number of carbonyl (C=O) groups excluding carboxylic acids is 1. The van der Waals surface area contributed by atoms with Gasteiger partial charge in [0.1, 0.15) is 6.54 Å². The van der Waals surface area contributed by atoms with Gasteiger partial charge in [0.25, 0.3) is 0 Å². The Morgan fingerprint density at radius 3 is 2.83 bits per heavy atom. The van der Waals surface area contributed by atoms with Crippen molar-refractivity contribution in [2.45, 2.75) is 13.5 Å². The van der Waals surface area contributed by atoms with Gasteiger partial charge in [0, 0.05) is 11.6 Å². The molecule has 0 spiro atoms. The van der Waals surface area contributed by atoms with Gasteiger partial charge in [-0.1, -0.05) is 29.8 Å². The Hall–Kier alpha value is -1.91. The molecule has 120 valence electrons. The predicted octanol–water partition coefficient (Wildman–Crippen LogP) is 2.00. The number of nitrogens with one attached hydrogen (secondary N) is 1. The molecule has 1 saturated heterocycles. The molecule has 1 aromatic heterocycles. The molecule has 1 N–H and O–H groups in total. The van der Waals surface area contributed by atoms with Crippen molar-refractivity contribution in [3.8, 4) is 0 Å². The maximum atomic E-state index is 12.3. The topological polar surface area (TPSA) is 24.8 Å². The maximum Gasteiger partial charge on any atom is 0.246 e. The Morgan fingerprint density at radius 2 is 2.13 bits per heavy atom. The predicted molar refractivity (Wildman–Crippen MR) is 95.5 cm³/mol. The van der Waals surface area contributed by atoms with Crippen LogP contribution in [0.5, 0.6) is 0 Å². The highest BCUT2D eigenvalue weighted by atomic mass is 32.1. The first-order valence-electron chi connectivity index (χ1n) is 8.09. The zero-order valence-electron chi connectivity index (χ0n) is 13.5. The molecule has 1 aliphatic heterocycles. The first-order valence-corrected chi connectivity index (χ1v) is 9.03. The largest absolute Gasteiger partial charge is 0.328 e. The van der Waals surface area contributed by atoms with E-state index in [-0.39, 0.29) is 5.91 Å². The van der Waals surface area contributed by atoms with Crippen LogP contribution in [0.15, 0.2) is 47.2 Å². The second kappa shape index (κ2) is 7.57. The van der Waals surface area contributed by atoms with E-state index in [0.717, 1.165) is 38.3 Å². The SMILES string of the molecule is Cc1cccc(/C=C/C(=O)N2CC[NH+](Cc3ccsc3)CC2)c1. The summed E-state index contributed by atoms with van der Waals surface area (Å²) in [4.78, 5) is 15.8. The average Bonchev–Trinajstić information content (AvgIpc) is 3.06. The Labute approximate surface area is 141 Å². The lowest BCUT2D eigenvalue weighted by atomic mass is 10.1. The van der Waals surface area contributed by atoms with E-state index >= 15 is 0 Å². The summed E-state index contributed by atoms with van der Waals surface area (Å²) >= 11 is 1.75. The van der Waals surface area contributed by atoms with Crippen LogP contribution < -0.4 is 4.90 Å². The molecule has 1 amide bonds. The molecular weight excluding hydrogens is 304 g/mol. The third-order valence-electron chi connectivity index (χ3n) is 4.28. The monoisotopic (exact) mass is 327 g/mol. The lowest BCUT2D eigenvalue weighted by molar-refractivity contribution is -0.917. The molecule has 0 saturated carbocycles. The minimum absolute atomic E-state index is 0.126. The normalized spacial score (nSPS) is 16.1. The summed E-state index contributed by atoms with van der Waals surface area (Å²) in [6.45, 7) is 6.88. The summed E-state index contributed by atoms with van der Waals surface area (Å²) in [5, 5.41) is 4.35. The zero-order chi connectivity index (χ0) is 16.1. The van der Waals surface area contributed by atoms with Crippen LogP contribution in [-0.2, 0) is 11.3 Å². The molecule has 23 heavy (non-hydrogen) atoms. The lowest BCUT2D eigenvalue weighted by Gasteiger charge is -2.31. The van der Waals surface area contributed by atoms with Gasteiger partial charge in [-0.3, -0.25) is 4.79 Å². The minimum atomic E-state index is 0.126. The first-order chi connectivity index (χ1) is 11.2. The van der Waals surface area contributed by atoms with E-state index in [0.29, 0.717) is 0 Å². The number of benzene rings is 1. The fraction of sp³-hybridized carbons (Fsp3) is 0.316. The molecule has 3 rings (SSSR count). The number of piperazine rings is 1. The van der Waals surface area contributed by atoms with Crippen molar-refractivity contribution in [3.05, 3.63) is 63.9 Å². The molecule has 0 bridgehead atoms. The molecule has 2 aromatic rings. The number of quaternary nitrogens is 1. The van der Waals surface area contributed by atoms with Crippen LogP contribution in [0.25, 0.3) is 6.08 Å². The van der Waals surface area contributed by atoms with Crippen molar-refractivity contribution in [2.24, 2.45) is 0 Å². The number of aryl methyl sites for hydroxylation is 1. The third-order valence-corrected chi connectivity index (χ3v) is 5.01. The van der Waals surface area contributed by atoms with E-state index < -0.39 is 0 Å². The molecule has 1 fully saturated rings. The van der Waals surface area contributed by atoms with Crippen molar-refractivity contribution in [2.75, 3.05) is 26.2 Å². The van der Waals surface area contributed by atoms with E-state index in [4.69, 9.17) is 0 Å². The second-order valence-corrected chi connectivity index (χ2v) is 6.91. The van der Waals surface area contributed by atoms with Gasteiger partial charge < -0.3 is 9.80 Å². The highest BCUT2D eigenvalue weighted by molar-refractivity contribution is 7.07. The third kappa shape index (κ3) is 4.53. The van der Waals surface area contributed by atoms with Crippen LogP contribution in [-0.4, -0.2) is 37.0 Å². The van der Waals surface area contributed by atoms with E-state index in [9.17, 15) is 4.79 Å². The molecule has 2 heterocycles. The van der Waals surface area contributed by atoms with E-state index in [2.05, 4.69) is 35.9 Å². The molecule has 0 atom stereocenters. The standard InChI is InChI=1S/C19H22N2OS/c1-16-3-2-4-17(13-16)5-6-19(22)21-10-8-20(9-11-21)14-18-7-12-23-15-18/h2-7,12-13,15H,8-11,14H2,1H3/p+1/b6-5+. The molecule has 0 aliphatic carbocycles. The summed E-state index contributed by atoms with van der Waals surface area (Å²) in [6, 6.07) is 10.4. The van der Waals surface area contributed by atoms with Crippen molar-refractivity contribution >= 4 is 23.3 Å². The van der Waals surface area contributed by atoms with Crippen molar-refractivity contribution in [3.63, 3.8) is 0 Å². The Morgan fingerprint density at radius 1 is 1.30 bits per heavy atom. The minimum Gasteiger partial charge on any atom is -0.328 e. The number of amides is 1. The Kier molecular flexibility index (Phi) is 5.26. The van der Waals surface area contributed by atoms with Gasteiger partial charge in [-0.25, -0.2) is 0 Å². The van der Waals surface area contributed by atoms with E-state index in [1.54, 1.807) is 22.3 Å². The van der Waals surface area contributed by atoms with Gasteiger partial charge >= 0.3 is 0 Å². The van der Waals surface area contributed by atoms with Gasteiger partial charge in [-0.05, 0) is 35.4 Å². The summed E-state index contributed by atoms with van der Waals surface area (Å²) < 4.78 is 0. The molecule has 0 unspecified atom stereocenters. The molecule has 1 aromatic carbocycles. The number of hydrogen-bond acceptors (Lipinski definition) is 2. The van der Waals surface area contributed by atoms with Gasteiger partial charge in [-0.15, -0.1) is 0 Å². The van der Waals surface area contributed by atoms with E-state index in [1.807, 2.05) is 23.1 Å². The fourth-order valence-corrected chi connectivity index (χ4v) is 3.62. The smallest absolute Gasteiger partial charge is 0.246 e. The van der Waals surface area contributed by atoms with Crippen LogP contribution in [0.2, 0.25) is 0 Å². The highest BCUT2D eigenvalue weighted by Gasteiger charge is 2.22. The number of thiophene rings is 1. The van der Waals surface area contributed by atoms with Gasteiger partial charge in [0.05, 0.1) is 26.2 Å². The van der Waals surface area contributed by atoms with Gasteiger partial charge in [0.15, 0.2) is 0 Å². The molecule has 3 nitrogen and oxygen atoms in total. The zero-order valence-corrected chi connectivity index (χ0v) is 14.3. The van der Waals surface area contributed by atoms with Crippen LogP contribution in [0.1, 0.15) is 16.7 Å². The van der Waals surface area contributed by atoms with Crippen molar-refractivity contribution in [1.82, 2.24) is 4.90 Å². The summed E-state index contributed by atoms with van der Waals surface area (Å²) in [5.74, 6) is 0.126.